The molecule has 1 nitrogen and oxygen atoms in total. The van der Waals surface area contributed by atoms with Crippen LogP contribution in [0.25, 0.3) is 0 Å². The Bertz CT molecular complexity index is 193. The van der Waals surface area contributed by atoms with Crippen molar-refractivity contribution in [3.63, 3.8) is 0 Å². The Kier molecular flexibility index (Phi) is 2.90. The van der Waals surface area contributed by atoms with Crippen LogP contribution in [-0.2, 0) is 6.54 Å². The van der Waals surface area contributed by atoms with E-state index in [1.165, 1.54) is 5.56 Å². The van der Waals surface area contributed by atoms with Gasteiger partial charge in [-0.3, -0.25) is 0 Å². The number of quaternary nitrogens is 1. The van der Waals surface area contributed by atoms with Crippen molar-refractivity contribution in [2.24, 2.45) is 0 Å². The van der Waals surface area contributed by atoms with Crippen molar-refractivity contribution in [3.8, 4) is 0 Å². The van der Waals surface area contributed by atoms with Crippen LogP contribution in [0.5, 0.6) is 0 Å². The Morgan fingerprint density at radius 3 is 2.40 bits per heavy atom. The van der Waals surface area contributed by atoms with Crippen LogP contribution in [0.2, 0.25) is 0 Å². The predicted molar refractivity (Wildman–Crippen MR) is 45.7 cm³/mol. The van der Waals surface area contributed by atoms with Crippen LogP contribution >= 0.6 is 15.9 Å². The van der Waals surface area contributed by atoms with E-state index in [0.29, 0.717) is 0 Å². The summed E-state index contributed by atoms with van der Waals surface area (Å²) in [6.07, 6.45) is 0. The Labute approximate surface area is 69.6 Å². The van der Waals surface area contributed by atoms with Crippen LogP contribution in [0.3, 0.4) is 0 Å². The van der Waals surface area contributed by atoms with Gasteiger partial charge in [0, 0.05) is 10.0 Å². The topological polar surface area (TPSA) is 16.6 Å². The average Bonchev–Trinajstić information content (AvgIpc) is 1.95. The fraction of sp³-hybridized carbons (Fsp3) is 0.250. The fourth-order valence-electron chi connectivity index (χ4n) is 0.856. The molecule has 2 N–H and O–H groups in total. The highest BCUT2D eigenvalue weighted by atomic mass is 79.9. The van der Waals surface area contributed by atoms with Gasteiger partial charge >= 0.3 is 0 Å². The van der Waals surface area contributed by atoms with E-state index < -0.39 is 0 Å². The molecular weight excluding hydrogens is 190 g/mol. The quantitative estimate of drug-likeness (QED) is 0.738. The van der Waals surface area contributed by atoms with Crippen molar-refractivity contribution < 1.29 is 5.32 Å². The Morgan fingerprint density at radius 2 is 1.90 bits per heavy atom. The van der Waals surface area contributed by atoms with Crippen molar-refractivity contribution in [2.75, 3.05) is 7.05 Å². The second-order valence-electron chi connectivity index (χ2n) is 2.24. The highest BCUT2D eigenvalue weighted by molar-refractivity contribution is 9.10. The number of benzene rings is 1. The van der Waals surface area contributed by atoms with Crippen LogP contribution < -0.4 is 5.32 Å². The maximum Gasteiger partial charge on any atom is 0.101 e. The van der Waals surface area contributed by atoms with Crippen LogP contribution in [0.15, 0.2) is 28.7 Å². The molecule has 0 aliphatic rings. The molecule has 0 radical (unpaired) electrons. The summed E-state index contributed by atoms with van der Waals surface area (Å²) in [6.45, 7) is 1.06. The van der Waals surface area contributed by atoms with Gasteiger partial charge in [0.15, 0.2) is 0 Å². The van der Waals surface area contributed by atoms with Gasteiger partial charge in [0.25, 0.3) is 0 Å². The molecule has 0 spiro atoms. The van der Waals surface area contributed by atoms with E-state index in [1.807, 2.05) is 0 Å². The summed E-state index contributed by atoms with van der Waals surface area (Å²) in [5, 5.41) is 2.16. The molecule has 1 rings (SSSR count). The van der Waals surface area contributed by atoms with E-state index in [1.54, 1.807) is 0 Å². The summed E-state index contributed by atoms with van der Waals surface area (Å²) in [7, 11) is 2.07. The molecule has 0 aliphatic carbocycles. The molecule has 0 aliphatic heterocycles. The molecular formula is C8H11BrN+. The summed E-state index contributed by atoms with van der Waals surface area (Å²) < 4.78 is 1.15. The van der Waals surface area contributed by atoms with Gasteiger partial charge in [-0.15, -0.1) is 0 Å². The first-order valence-corrected chi connectivity index (χ1v) is 4.14. The minimum Gasteiger partial charge on any atom is -0.345 e. The Balaban J connectivity index is 2.69. The number of hydrogen-bond acceptors (Lipinski definition) is 0. The molecule has 0 amide bonds. The molecule has 0 saturated heterocycles. The summed E-state index contributed by atoms with van der Waals surface area (Å²) >= 11 is 3.39. The molecule has 2 heteroatoms. The SMILES string of the molecule is C[NH2+]Cc1ccc(Br)cc1. The first-order valence-electron chi connectivity index (χ1n) is 3.35. The van der Waals surface area contributed by atoms with Gasteiger partial charge in [-0.2, -0.15) is 0 Å². The second-order valence-corrected chi connectivity index (χ2v) is 3.15. The largest absolute Gasteiger partial charge is 0.345 e. The summed E-state index contributed by atoms with van der Waals surface area (Å²) in [5.41, 5.74) is 1.37. The Hall–Kier alpha value is -0.340. The molecule has 0 heterocycles. The summed E-state index contributed by atoms with van der Waals surface area (Å²) in [4.78, 5) is 0. The number of nitrogens with two attached hydrogens (primary N) is 1. The smallest absolute Gasteiger partial charge is 0.101 e. The maximum atomic E-state index is 3.39. The summed E-state index contributed by atoms with van der Waals surface area (Å²) in [5.74, 6) is 0. The molecule has 1 aromatic carbocycles. The van der Waals surface area contributed by atoms with Crippen molar-refractivity contribution in [2.45, 2.75) is 6.54 Å². The van der Waals surface area contributed by atoms with Crippen molar-refractivity contribution in [1.82, 2.24) is 0 Å². The molecule has 0 atom stereocenters. The fourth-order valence-corrected chi connectivity index (χ4v) is 1.12. The van der Waals surface area contributed by atoms with E-state index in [4.69, 9.17) is 0 Å². The van der Waals surface area contributed by atoms with Gasteiger partial charge in [0.2, 0.25) is 0 Å². The van der Waals surface area contributed by atoms with Crippen LogP contribution in [0.1, 0.15) is 5.56 Å². The normalized spacial score (nSPS) is 9.80. The monoisotopic (exact) mass is 200 g/mol. The maximum absolute atomic E-state index is 3.39. The van der Waals surface area contributed by atoms with Gasteiger partial charge in [-0.25, -0.2) is 0 Å². The number of hydrogen-bond donors (Lipinski definition) is 1. The zero-order valence-corrected chi connectivity index (χ0v) is 7.56. The van der Waals surface area contributed by atoms with Crippen LogP contribution in [-0.4, -0.2) is 7.05 Å². The molecule has 0 unspecified atom stereocenters. The third-order valence-corrected chi connectivity index (χ3v) is 1.88. The zero-order chi connectivity index (χ0) is 7.40. The van der Waals surface area contributed by atoms with Crippen molar-refractivity contribution in [3.05, 3.63) is 34.3 Å². The molecule has 0 fully saturated rings. The van der Waals surface area contributed by atoms with Crippen LogP contribution in [0.4, 0.5) is 0 Å². The minimum atomic E-state index is 1.06. The highest BCUT2D eigenvalue weighted by Gasteiger charge is 1.90. The number of rotatable bonds is 2. The molecule has 10 heavy (non-hydrogen) atoms. The number of halogens is 1. The summed E-state index contributed by atoms with van der Waals surface area (Å²) in [6, 6.07) is 8.39. The van der Waals surface area contributed by atoms with Gasteiger partial charge in [-0.1, -0.05) is 28.1 Å². The lowest BCUT2D eigenvalue weighted by Crippen LogP contribution is -2.77. The van der Waals surface area contributed by atoms with E-state index in [0.717, 1.165) is 11.0 Å². The van der Waals surface area contributed by atoms with E-state index in [2.05, 4.69) is 52.6 Å². The molecule has 54 valence electrons. The molecule has 0 aromatic heterocycles. The van der Waals surface area contributed by atoms with E-state index >= 15 is 0 Å². The van der Waals surface area contributed by atoms with E-state index in [-0.39, 0.29) is 0 Å². The predicted octanol–water partition coefficient (Wildman–Crippen LogP) is 1.14. The average molecular weight is 201 g/mol. The lowest BCUT2D eigenvalue weighted by atomic mass is 10.2. The molecule has 0 bridgehead atoms. The van der Waals surface area contributed by atoms with Crippen LogP contribution in [0, 0.1) is 0 Å². The van der Waals surface area contributed by atoms with Gasteiger partial charge in [-0.05, 0) is 12.1 Å². The second kappa shape index (κ2) is 3.74. The standard InChI is InChI=1S/C8H10BrN/c1-10-6-7-2-4-8(9)5-3-7/h2-5,10H,6H2,1H3/p+1. The van der Waals surface area contributed by atoms with Gasteiger partial charge in [0.1, 0.15) is 6.54 Å². The molecule has 1 aromatic rings. The Morgan fingerprint density at radius 1 is 1.30 bits per heavy atom. The third kappa shape index (κ3) is 2.12. The third-order valence-electron chi connectivity index (χ3n) is 1.35. The van der Waals surface area contributed by atoms with Gasteiger partial charge in [0.05, 0.1) is 7.05 Å². The molecule has 0 saturated carbocycles. The lowest BCUT2D eigenvalue weighted by molar-refractivity contribution is -0.643. The first kappa shape index (κ1) is 7.76. The van der Waals surface area contributed by atoms with Crippen molar-refractivity contribution >= 4 is 15.9 Å². The zero-order valence-electron chi connectivity index (χ0n) is 5.97. The minimum absolute atomic E-state index is 1.06. The highest BCUT2D eigenvalue weighted by Crippen LogP contribution is 2.09. The van der Waals surface area contributed by atoms with Crippen molar-refractivity contribution in [1.29, 1.82) is 0 Å². The van der Waals surface area contributed by atoms with E-state index in [9.17, 15) is 0 Å². The first-order chi connectivity index (χ1) is 4.83. The van der Waals surface area contributed by atoms with Gasteiger partial charge < -0.3 is 5.32 Å². The lowest BCUT2D eigenvalue weighted by Gasteiger charge is -1.95.